The van der Waals surface area contributed by atoms with Crippen LogP contribution in [0.5, 0.6) is 0 Å². The second-order valence-corrected chi connectivity index (χ2v) is 25.7. The predicted octanol–water partition coefficient (Wildman–Crippen LogP) is 2.79. The van der Waals surface area contributed by atoms with E-state index < -0.39 is 16.1 Å². The molecule has 4 rings (SSSR count). The maximum absolute atomic E-state index is 2.43. The molecule has 0 nitrogen and oxygen atoms in total. The van der Waals surface area contributed by atoms with Gasteiger partial charge in [-0.15, -0.1) is 0 Å². The minimum atomic E-state index is -1.48. The van der Waals surface area contributed by atoms with E-state index in [1.807, 2.05) is 0 Å². The van der Waals surface area contributed by atoms with Gasteiger partial charge in [-0.1, -0.05) is 164 Å². The Bertz CT molecular complexity index is 1170. The molecule has 0 unspecified atom stereocenters. The Morgan fingerprint density at radius 2 is 0.795 bits per heavy atom. The van der Waals surface area contributed by atoms with Crippen LogP contribution in [-0.2, 0) is 25.8 Å². The number of rotatable bonds is 8. The van der Waals surface area contributed by atoms with Crippen LogP contribution in [0.1, 0.15) is 78.4 Å². The van der Waals surface area contributed by atoms with Crippen molar-refractivity contribution in [1.29, 1.82) is 0 Å². The molecule has 1 radical (unpaired) electrons. The monoisotopic (exact) mass is 847 g/mol. The average Bonchev–Trinajstić information content (AvgIpc) is 3.61. The number of benzene rings is 2. The summed E-state index contributed by atoms with van der Waals surface area (Å²) in [5.74, 6) is 1.26. The maximum Gasteiger partial charge on any atom is 4.00 e. The third-order valence-electron chi connectivity index (χ3n) is 8.09. The van der Waals surface area contributed by atoms with Gasteiger partial charge in [-0.05, 0) is 11.8 Å². The predicted molar refractivity (Wildman–Crippen MR) is 196 cm³/mol. The summed E-state index contributed by atoms with van der Waals surface area (Å²) in [5, 5.41) is 6.13. The van der Waals surface area contributed by atoms with Gasteiger partial charge in [0.1, 0.15) is 0 Å². The molecule has 0 atom stereocenters. The first-order valence-corrected chi connectivity index (χ1v) is 23.0. The van der Waals surface area contributed by atoms with Gasteiger partial charge in [0.25, 0.3) is 0 Å². The zero-order chi connectivity index (χ0) is 30.8. The molecule has 239 valence electrons. The van der Waals surface area contributed by atoms with E-state index in [0.717, 1.165) is 11.1 Å². The zero-order valence-electron chi connectivity index (χ0n) is 29.4. The molecule has 6 heteroatoms. The molecule has 0 aliphatic carbocycles. The second-order valence-electron chi connectivity index (χ2n) is 13.8. The van der Waals surface area contributed by atoms with Crippen molar-refractivity contribution in [1.82, 2.24) is 0 Å². The van der Waals surface area contributed by atoms with Gasteiger partial charge in [-0.25, -0.2) is 12.1 Å². The largest absolute Gasteiger partial charge is 4.00 e. The summed E-state index contributed by atoms with van der Waals surface area (Å²) in [6.45, 7) is 28.0. The maximum atomic E-state index is 2.43. The molecule has 0 saturated carbocycles. The van der Waals surface area contributed by atoms with Crippen LogP contribution in [0.3, 0.4) is 0 Å². The Morgan fingerprint density at radius 3 is 1.00 bits per heavy atom. The third kappa shape index (κ3) is 13.9. The molecule has 0 saturated heterocycles. The summed E-state index contributed by atoms with van der Waals surface area (Å²) in [6, 6.07) is 35.9. The number of hydrogen-bond acceptors (Lipinski definition) is 0. The molecule has 0 aliphatic rings. The van der Waals surface area contributed by atoms with Crippen molar-refractivity contribution in [2.45, 2.75) is 104 Å². The molecule has 0 amide bonds. The van der Waals surface area contributed by atoms with E-state index in [0.29, 0.717) is 21.4 Å². The zero-order valence-corrected chi connectivity index (χ0v) is 37.6. The van der Waals surface area contributed by atoms with Crippen LogP contribution in [0.25, 0.3) is 0 Å². The van der Waals surface area contributed by atoms with Crippen LogP contribution in [0.4, 0.5) is 0 Å². The van der Waals surface area contributed by atoms with Crippen molar-refractivity contribution in [3.63, 3.8) is 0 Å². The molecule has 4 aromatic carbocycles. The van der Waals surface area contributed by atoms with Crippen molar-refractivity contribution in [3.8, 4) is 0 Å². The number of hydrogen-bond donors (Lipinski definition) is 0. The molecular formula is C38H57Cl2HfSi3. The smallest absolute Gasteiger partial charge is 1.00 e. The van der Waals surface area contributed by atoms with E-state index in [4.69, 9.17) is 0 Å². The summed E-state index contributed by atoms with van der Waals surface area (Å²) >= 11 is 0. The Balaban J connectivity index is 0. The topological polar surface area (TPSA) is 0 Å². The first-order valence-electron chi connectivity index (χ1n) is 15.7. The van der Waals surface area contributed by atoms with E-state index in [-0.39, 0.29) is 50.7 Å². The third-order valence-corrected chi connectivity index (χ3v) is 16.7. The Kier molecular flexibility index (Phi) is 21.8. The minimum Gasteiger partial charge on any atom is -1.00 e. The fourth-order valence-corrected chi connectivity index (χ4v) is 11.5. The van der Waals surface area contributed by atoms with Crippen LogP contribution in [0, 0.1) is 0 Å². The first-order chi connectivity index (χ1) is 19.2. The molecule has 0 bridgehead atoms. The SMILES string of the molecule is CC(C)[SiH]C(C)C.CC(C)c1cc([Si](C)(C)c2ccccc2)c[cH-]1.CC(C)c1cc([Si](C)(C)c2ccccc2)c[cH-]1.[Cl-].[Cl-].[Hf+4]. The Hall–Kier alpha value is -0.759. The standard InChI is InChI=1S/2C16H21Si.C6H15Si.2ClH.Hf/c2*1-13(2)14-10-11-16(12-14)17(3,4)15-8-6-5-7-9-15;1-5(2)7-6(3)4;;;/h2*5-13H,1-4H3;5-7H,1-4H3;2*1H;/q2*-1;;;;+4/p-2. The van der Waals surface area contributed by atoms with Crippen LogP contribution >= 0.6 is 0 Å². The van der Waals surface area contributed by atoms with Crippen LogP contribution in [0.15, 0.2) is 97.1 Å². The quantitative estimate of drug-likeness (QED) is 0.189. The molecule has 0 N–H and O–H groups in total. The molecule has 0 aromatic heterocycles. The molecular weight excluding hydrogens is 790 g/mol. The van der Waals surface area contributed by atoms with Crippen LogP contribution in [-0.4, -0.2) is 25.7 Å². The van der Waals surface area contributed by atoms with Crippen molar-refractivity contribution in [3.05, 3.63) is 108 Å². The van der Waals surface area contributed by atoms with E-state index in [2.05, 4.69) is 179 Å². The van der Waals surface area contributed by atoms with Gasteiger partial charge in [-0.3, -0.25) is 0 Å². The Morgan fingerprint density at radius 1 is 0.500 bits per heavy atom. The second kappa shape index (κ2) is 21.2. The van der Waals surface area contributed by atoms with Crippen molar-refractivity contribution < 1.29 is 50.7 Å². The van der Waals surface area contributed by atoms with Gasteiger partial charge in [0.15, 0.2) is 0 Å². The van der Waals surface area contributed by atoms with E-state index in [9.17, 15) is 0 Å². The summed E-state index contributed by atoms with van der Waals surface area (Å²) in [6.07, 6.45) is 0. The molecule has 4 aromatic rings. The summed E-state index contributed by atoms with van der Waals surface area (Å²) in [4.78, 5) is 0. The van der Waals surface area contributed by atoms with Crippen molar-refractivity contribution in [2.24, 2.45) is 0 Å². The fourth-order valence-electron chi connectivity index (χ4n) is 5.23. The minimum absolute atomic E-state index is 0. The van der Waals surface area contributed by atoms with E-state index in [1.54, 1.807) is 10.4 Å². The van der Waals surface area contributed by atoms with Crippen molar-refractivity contribution >= 4 is 46.4 Å². The van der Waals surface area contributed by atoms with E-state index >= 15 is 0 Å². The summed E-state index contributed by atoms with van der Waals surface area (Å²) in [5.41, 5.74) is 4.85. The van der Waals surface area contributed by atoms with E-state index in [1.165, 1.54) is 21.5 Å². The molecule has 0 aliphatic heterocycles. The fraction of sp³-hybridized carbons (Fsp3) is 0.421. The number of halogens is 2. The Labute approximate surface area is 307 Å². The molecule has 0 spiro atoms. The van der Waals surface area contributed by atoms with Gasteiger partial charge in [0, 0.05) is 25.7 Å². The van der Waals surface area contributed by atoms with Crippen LogP contribution < -0.4 is 45.6 Å². The van der Waals surface area contributed by atoms with Gasteiger partial charge >= 0.3 is 25.8 Å². The van der Waals surface area contributed by atoms with Gasteiger partial charge in [0.05, 0.1) is 0 Å². The first kappa shape index (κ1) is 45.4. The van der Waals surface area contributed by atoms with Gasteiger partial charge in [0.2, 0.25) is 0 Å². The molecule has 0 heterocycles. The molecule has 0 fully saturated rings. The molecule has 44 heavy (non-hydrogen) atoms. The van der Waals surface area contributed by atoms with Gasteiger partial charge in [-0.2, -0.15) is 45.8 Å². The summed E-state index contributed by atoms with van der Waals surface area (Å²) < 4.78 is 0. The average molecular weight is 848 g/mol. The normalized spacial score (nSPS) is 11.1. The van der Waals surface area contributed by atoms with Gasteiger partial charge < -0.3 is 24.8 Å². The van der Waals surface area contributed by atoms with Crippen LogP contribution in [0.2, 0.25) is 37.3 Å². The van der Waals surface area contributed by atoms with Crippen molar-refractivity contribution in [2.75, 3.05) is 0 Å². The summed E-state index contributed by atoms with van der Waals surface area (Å²) in [7, 11) is -2.25.